The first-order chi connectivity index (χ1) is 14.6. The second kappa shape index (κ2) is 12.5. The summed E-state index contributed by atoms with van der Waals surface area (Å²) in [5.41, 5.74) is 1.94. The lowest BCUT2D eigenvalue weighted by molar-refractivity contribution is -0.156. The molecule has 0 aromatic heterocycles. The highest BCUT2D eigenvalue weighted by molar-refractivity contribution is 5.75. The number of hydrogen-bond donors (Lipinski definition) is 0. The molecule has 0 aliphatic carbocycles. The van der Waals surface area contributed by atoms with Gasteiger partial charge in [-0.15, -0.1) is 0 Å². The van der Waals surface area contributed by atoms with E-state index in [1.807, 2.05) is 61.5 Å². The van der Waals surface area contributed by atoms with Gasteiger partial charge in [0.05, 0.1) is 20.8 Å². The standard InChI is InChI=1S/C24H30O6/c1-5-28-23(24(25)29-6-2)16-18-9-11-20(12-10-18)30-13-7-8-19-14-21(26-3)17-22(15-19)27-4/h7-12,14-15,17,23H,5-6,13,16H2,1-4H3. The van der Waals surface area contributed by atoms with Crippen LogP contribution < -0.4 is 14.2 Å². The van der Waals surface area contributed by atoms with Gasteiger partial charge in [0.2, 0.25) is 0 Å². The van der Waals surface area contributed by atoms with Gasteiger partial charge in [-0.3, -0.25) is 0 Å². The minimum absolute atomic E-state index is 0.334. The zero-order valence-electron chi connectivity index (χ0n) is 18.1. The van der Waals surface area contributed by atoms with E-state index in [1.54, 1.807) is 21.1 Å². The molecule has 2 rings (SSSR count). The molecule has 6 heteroatoms. The molecule has 1 atom stereocenters. The van der Waals surface area contributed by atoms with Gasteiger partial charge in [0.25, 0.3) is 0 Å². The molecule has 0 N–H and O–H groups in total. The zero-order chi connectivity index (χ0) is 21.8. The van der Waals surface area contributed by atoms with Crippen molar-refractivity contribution >= 4 is 12.0 Å². The van der Waals surface area contributed by atoms with Crippen molar-refractivity contribution in [1.29, 1.82) is 0 Å². The average Bonchev–Trinajstić information content (AvgIpc) is 2.77. The molecule has 0 aliphatic rings. The molecule has 2 aromatic carbocycles. The first kappa shape index (κ1) is 23.3. The Morgan fingerprint density at radius 1 is 0.933 bits per heavy atom. The van der Waals surface area contributed by atoms with Crippen LogP contribution in [0.4, 0.5) is 0 Å². The maximum Gasteiger partial charge on any atom is 0.335 e. The number of esters is 1. The van der Waals surface area contributed by atoms with E-state index in [0.29, 0.717) is 26.2 Å². The van der Waals surface area contributed by atoms with Crippen LogP contribution in [0.1, 0.15) is 25.0 Å². The topological polar surface area (TPSA) is 63.2 Å². The lowest BCUT2D eigenvalue weighted by atomic mass is 10.1. The molecule has 0 saturated carbocycles. The van der Waals surface area contributed by atoms with Crippen LogP contribution in [0, 0.1) is 0 Å². The van der Waals surface area contributed by atoms with Crippen LogP contribution in [0.15, 0.2) is 48.5 Å². The van der Waals surface area contributed by atoms with Crippen LogP contribution in [0.5, 0.6) is 17.2 Å². The third-order valence-electron chi connectivity index (χ3n) is 4.29. The van der Waals surface area contributed by atoms with Crippen molar-refractivity contribution in [2.75, 3.05) is 34.0 Å². The van der Waals surface area contributed by atoms with Crippen molar-refractivity contribution in [2.24, 2.45) is 0 Å². The van der Waals surface area contributed by atoms with Crippen LogP contribution in [0.25, 0.3) is 6.08 Å². The second-order valence-corrected chi connectivity index (χ2v) is 6.40. The van der Waals surface area contributed by atoms with Crippen LogP contribution in [0.2, 0.25) is 0 Å². The largest absolute Gasteiger partial charge is 0.497 e. The Bertz CT molecular complexity index is 791. The highest BCUT2D eigenvalue weighted by atomic mass is 16.6. The minimum Gasteiger partial charge on any atom is -0.497 e. The summed E-state index contributed by atoms with van der Waals surface area (Å²) in [6.45, 7) is 4.86. The second-order valence-electron chi connectivity index (χ2n) is 6.40. The Hall–Kier alpha value is -2.99. The molecule has 0 fully saturated rings. The predicted molar refractivity (Wildman–Crippen MR) is 116 cm³/mol. The van der Waals surface area contributed by atoms with Gasteiger partial charge in [0.15, 0.2) is 6.10 Å². The monoisotopic (exact) mass is 414 g/mol. The molecule has 0 saturated heterocycles. The van der Waals surface area contributed by atoms with Crippen molar-refractivity contribution in [3.8, 4) is 17.2 Å². The molecule has 0 heterocycles. The van der Waals surface area contributed by atoms with Crippen molar-refractivity contribution in [3.05, 3.63) is 59.7 Å². The number of hydrogen-bond acceptors (Lipinski definition) is 6. The Morgan fingerprint density at radius 2 is 1.60 bits per heavy atom. The number of rotatable bonds is 12. The van der Waals surface area contributed by atoms with Gasteiger partial charge in [-0.2, -0.15) is 0 Å². The maximum absolute atomic E-state index is 12.0. The van der Waals surface area contributed by atoms with Gasteiger partial charge < -0.3 is 23.7 Å². The summed E-state index contributed by atoms with van der Waals surface area (Å²) >= 11 is 0. The summed E-state index contributed by atoms with van der Waals surface area (Å²) in [5.74, 6) is 1.88. The summed E-state index contributed by atoms with van der Waals surface area (Å²) < 4.78 is 26.9. The fraction of sp³-hybridized carbons (Fsp3) is 0.375. The SMILES string of the molecule is CCOC(=O)C(Cc1ccc(OCC=Cc2cc(OC)cc(OC)c2)cc1)OCC. The average molecular weight is 414 g/mol. The summed E-state index contributed by atoms with van der Waals surface area (Å²) in [5, 5.41) is 0. The number of ether oxygens (including phenoxy) is 5. The zero-order valence-corrected chi connectivity index (χ0v) is 18.1. The minimum atomic E-state index is -0.593. The summed E-state index contributed by atoms with van der Waals surface area (Å²) in [6, 6.07) is 13.3. The maximum atomic E-state index is 12.0. The molecule has 0 amide bonds. The lowest BCUT2D eigenvalue weighted by Crippen LogP contribution is -2.28. The van der Waals surface area contributed by atoms with Crippen LogP contribution in [-0.4, -0.2) is 46.1 Å². The quantitative estimate of drug-likeness (QED) is 0.483. The summed E-state index contributed by atoms with van der Waals surface area (Å²) in [6.07, 6.45) is 3.74. The van der Waals surface area contributed by atoms with Gasteiger partial charge in [-0.25, -0.2) is 4.79 Å². The number of benzene rings is 2. The van der Waals surface area contributed by atoms with Crippen molar-refractivity contribution in [2.45, 2.75) is 26.4 Å². The summed E-state index contributed by atoms with van der Waals surface area (Å²) in [7, 11) is 3.25. The van der Waals surface area contributed by atoms with Gasteiger partial charge in [0.1, 0.15) is 23.9 Å². The molecule has 6 nitrogen and oxygen atoms in total. The smallest absolute Gasteiger partial charge is 0.335 e. The van der Waals surface area contributed by atoms with Crippen LogP contribution >= 0.6 is 0 Å². The van der Waals surface area contributed by atoms with Crippen molar-refractivity contribution < 1.29 is 28.5 Å². The molecule has 162 valence electrons. The van der Waals surface area contributed by atoms with E-state index < -0.39 is 6.10 Å². The summed E-state index contributed by atoms with van der Waals surface area (Å²) in [4.78, 5) is 12.0. The van der Waals surface area contributed by atoms with Crippen LogP contribution in [-0.2, 0) is 20.7 Å². The highest BCUT2D eigenvalue weighted by Crippen LogP contribution is 2.23. The number of carbonyl (C=O) groups is 1. The van der Waals surface area contributed by atoms with Crippen LogP contribution in [0.3, 0.4) is 0 Å². The Morgan fingerprint density at radius 3 is 2.17 bits per heavy atom. The molecule has 30 heavy (non-hydrogen) atoms. The van der Waals surface area contributed by atoms with Gasteiger partial charge >= 0.3 is 5.97 Å². The fourth-order valence-electron chi connectivity index (χ4n) is 2.84. The van der Waals surface area contributed by atoms with Gasteiger partial charge in [0, 0.05) is 19.1 Å². The lowest BCUT2D eigenvalue weighted by Gasteiger charge is -2.15. The van der Waals surface area contributed by atoms with E-state index in [-0.39, 0.29) is 5.97 Å². The Labute approximate surface area is 178 Å². The van der Waals surface area contributed by atoms with E-state index in [2.05, 4.69) is 0 Å². The van der Waals surface area contributed by atoms with Crippen molar-refractivity contribution in [1.82, 2.24) is 0 Å². The first-order valence-corrected chi connectivity index (χ1v) is 9.99. The molecular weight excluding hydrogens is 384 g/mol. The molecule has 0 radical (unpaired) electrons. The Kier molecular flexibility index (Phi) is 9.74. The van der Waals surface area contributed by atoms with E-state index in [9.17, 15) is 4.79 Å². The molecule has 1 unspecified atom stereocenters. The van der Waals surface area contributed by atoms with E-state index in [1.165, 1.54) is 0 Å². The van der Waals surface area contributed by atoms with Gasteiger partial charge in [-0.05, 0) is 55.3 Å². The van der Waals surface area contributed by atoms with E-state index in [0.717, 1.165) is 28.4 Å². The first-order valence-electron chi connectivity index (χ1n) is 9.99. The van der Waals surface area contributed by atoms with Crippen molar-refractivity contribution in [3.63, 3.8) is 0 Å². The molecule has 0 aliphatic heterocycles. The molecular formula is C24H30O6. The highest BCUT2D eigenvalue weighted by Gasteiger charge is 2.20. The van der Waals surface area contributed by atoms with E-state index >= 15 is 0 Å². The molecule has 0 bridgehead atoms. The van der Waals surface area contributed by atoms with Gasteiger partial charge in [-0.1, -0.05) is 18.2 Å². The third-order valence-corrected chi connectivity index (χ3v) is 4.29. The molecule has 2 aromatic rings. The Balaban J connectivity index is 1.90. The van der Waals surface area contributed by atoms with E-state index in [4.69, 9.17) is 23.7 Å². The normalized spacial score (nSPS) is 11.9. The number of carbonyl (C=O) groups excluding carboxylic acids is 1. The predicted octanol–water partition coefficient (Wildman–Crippen LogP) is 4.31. The third kappa shape index (κ3) is 7.44. The fourth-order valence-corrected chi connectivity index (χ4v) is 2.84. The molecule has 0 spiro atoms. The number of methoxy groups -OCH3 is 2.